The Kier molecular flexibility index (Phi) is 7.38. The van der Waals surface area contributed by atoms with Crippen molar-refractivity contribution in [3.05, 3.63) is 106 Å². The minimum Gasteiger partial charge on any atom is -0.361 e. The molecule has 36 heavy (non-hydrogen) atoms. The van der Waals surface area contributed by atoms with Crippen molar-refractivity contribution in [1.29, 1.82) is 5.26 Å². The lowest BCUT2D eigenvalue weighted by Gasteiger charge is -2.30. The zero-order valence-corrected chi connectivity index (χ0v) is 20.9. The highest BCUT2D eigenvalue weighted by molar-refractivity contribution is 6.31. The molecular formula is C30H29ClFN3O. The fourth-order valence-corrected chi connectivity index (χ4v) is 5.45. The van der Waals surface area contributed by atoms with Crippen molar-refractivity contribution < 1.29 is 9.13 Å². The molecule has 0 fully saturated rings. The summed E-state index contributed by atoms with van der Waals surface area (Å²) in [6, 6.07) is 20.5. The standard InChI is InChI=1S/C30H29ClFN3O/c31-25-8-12-29-27(17-25)22(19-35-29)4-3-15-34-14-2-1-13-30(24-6-9-26(32)10-7-24)28-11-5-21(18-33)16-23(28)20-36-30/h5-12,16-17,19,34-35H,1-4,13-15,20H2. The number of nitriles is 1. The summed E-state index contributed by atoms with van der Waals surface area (Å²) >= 11 is 6.16. The fraction of sp³-hybridized carbons (Fsp3) is 0.300. The van der Waals surface area contributed by atoms with Crippen molar-refractivity contribution in [3.8, 4) is 6.07 Å². The van der Waals surface area contributed by atoms with Crippen LogP contribution in [0.5, 0.6) is 0 Å². The molecule has 1 aromatic heterocycles. The molecule has 1 aliphatic rings. The van der Waals surface area contributed by atoms with E-state index < -0.39 is 5.60 Å². The number of benzene rings is 3. The Morgan fingerprint density at radius 2 is 1.86 bits per heavy atom. The molecule has 4 aromatic rings. The summed E-state index contributed by atoms with van der Waals surface area (Å²) in [7, 11) is 0. The third-order valence-electron chi connectivity index (χ3n) is 7.12. The molecule has 0 radical (unpaired) electrons. The number of nitrogens with one attached hydrogen (secondary N) is 2. The molecule has 0 bridgehead atoms. The third kappa shape index (κ3) is 5.03. The van der Waals surface area contributed by atoms with Crippen LogP contribution in [-0.4, -0.2) is 18.1 Å². The Balaban J connectivity index is 1.15. The number of nitrogens with zero attached hydrogens (tertiary/aromatic N) is 1. The first-order valence-corrected chi connectivity index (χ1v) is 12.9. The van der Waals surface area contributed by atoms with E-state index >= 15 is 0 Å². The van der Waals surface area contributed by atoms with Crippen LogP contribution in [0.15, 0.2) is 66.9 Å². The molecule has 2 N–H and O–H groups in total. The molecule has 4 nitrogen and oxygen atoms in total. The molecule has 2 heterocycles. The van der Waals surface area contributed by atoms with E-state index in [0.29, 0.717) is 12.2 Å². The molecule has 0 amide bonds. The number of hydrogen-bond acceptors (Lipinski definition) is 3. The third-order valence-corrected chi connectivity index (χ3v) is 7.35. The van der Waals surface area contributed by atoms with Crippen LogP contribution < -0.4 is 5.32 Å². The predicted octanol–water partition coefficient (Wildman–Crippen LogP) is 7.00. The largest absolute Gasteiger partial charge is 0.361 e. The highest BCUT2D eigenvalue weighted by Gasteiger charge is 2.41. The lowest BCUT2D eigenvalue weighted by Crippen LogP contribution is -2.27. The van der Waals surface area contributed by atoms with Crippen molar-refractivity contribution >= 4 is 22.5 Å². The number of fused-ring (bicyclic) bond motifs is 2. The minimum atomic E-state index is -0.604. The summed E-state index contributed by atoms with van der Waals surface area (Å²) < 4.78 is 20.0. The molecule has 0 saturated heterocycles. The van der Waals surface area contributed by atoms with Crippen LogP contribution in [0.3, 0.4) is 0 Å². The molecule has 1 unspecified atom stereocenters. The number of aromatic nitrogens is 1. The minimum absolute atomic E-state index is 0.258. The maximum Gasteiger partial charge on any atom is 0.123 e. The second-order valence-electron chi connectivity index (χ2n) is 9.42. The van der Waals surface area contributed by atoms with Gasteiger partial charge in [-0.05, 0) is 110 Å². The summed E-state index contributed by atoms with van der Waals surface area (Å²) in [6.45, 7) is 2.34. The molecule has 5 rings (SSSR count). The van der Waals surface area contributed by atoms with Crippen LogP contribution in [0.1, 0.15) is 53.5 Å². The number of aryl methyl sites for hydroxylation is 1. The summed E-state index contributed by atoms with van der Waals surface area (Å²) in [6.07, 6.45) is 6.91. The van der Waals surface area contributed by atoms with E-state index in [2.05, 4.69) is 22.6 Å². The van der Waals surface area contributed by atoms with Crippen molar-refractivity contribution in [2.24, 2.45) is 0 Å². The van der Waals surface area contributed by atoms with Crippen molar-refractivity contribution in [2.45, 2.75) is 44.3 Å². The van der Waals surface area contributed by atoms with Crippen LogP contribution in [-0.2, 0) is 23.4 Å². The molecule has 0 saturated carbocycles. The first-order chi connectivity index (χ1) is 17.6. The van der Waals surface area contributed by atoms with Gasteiger partial charge >= 0.3 is 0 Å². The quantitative estimate of drug-likeness (QED) is 0.230. The van der Waals surface area contributed by atoms with E-state index in [1.54, 1.807) is 0 Å². The second-order valence-corrected chi connectivity index (χ2v) is 9.86. The van der Waals surface area contributed by atoms with Crippen LogP contribution >= 0.6 is 11.6 Å². The smallest absolute Gasteiger partial charge is 0.123 e. The number of hydrogen-bond donors (Lipinski definition) is 2. The summed E-state index contributed by atoms with van der Waals surface area (Å²) in [5, 5.41) is 14.8. The van der Waals surface area contributed by atoms with Crippen molar-refractivity contribution in [3.63, 3.8) is 0 Å². The number of unbranched alkanes of at least 4 members (excludes halogenated alkanes) is 1. The lowest BCUT2D eigenvalue weighted by atomic mass is 9.81. The average Bonchev–Trinajstić information content (AvgIpc) is 3.47. The summed E-state index contributed by atoms with van der Waals surface area (Å²) in [4.78, 5) is 3.32. The van der Waals surface area contributed by atoms with Gasteiger partial charge in [-0.15, -0.1) is 0 Å². The molecule has 1 atom stereocenters. The number of halogens is 2. The SMILES string of the molecule is N#Cc1ccc2c(c1)COC2(CCCCNCCCc1c[nH]c2ccc(Cl)cc12)c1ccc(F)cc1. The number of aromatic amines is 1. The fourth-order valence-electron chi connectivity index (χ4n) is 5.27. The van der Waals surface area contributed by atoms with Crippen LogP contribution in [0.25, 0.3) is 10.9 Å². The average molecular weight is 502 g/mol. The Bertz CT molecular complexity index is 1390. The maximum atomic E-state index is 13.6. The van der Waals surface area contributed by atoms with E-state index in [0.717, 1.165) is 72.4 Å². The van der Waals surface area contributed by atoms with E-state index in [9.17, 15) is 9.65 Å². The van der Waals surface area contributed by atoms with Gasteiger partial charge in [0.15, 0.2) is 0 Å². The molecular weight excluding hydrogens is 473 g/mol. The highest BCUT2D eigenvalue weighted by atomic mass is 35.5. The lowest BCUT2D eigenvalue weighted by molar-refractivity contribution is -0.0133. The van der Waals surface area contributed by atoms with Crippen LogP contribution in [0.4, 0.5) is 4.39 Å². The van der Waals surface area contributed by atoms with Crippen molar-refractivity contribution in [2.75, 3.05) is 13.1 Å². The van der Waals surface area contributed by atoms with Gasteiger partial charge in [-0.1, -0.05) is 29.8 Å². The van der Waals surface area contributed by atoms with Gasteiger partial charge in [0.2, 0.25) is 0 Å². The second kappa shape index (κ2) is 10.8. The normalized spacial score (nSPS) is 16.8. The van der Waals surface area contributed by atoms with Gasteiger partial charge in [0.25, 0.3) is 0 Å². The van der Waals surface area contributed by atoms with Crippen molar-refractivity contribution in [1.82, 2.24) is 10.3 Å². The molecule has 184 valence electrons. The van der Waals surface area contributed by atoms with Gasteiger partial charge in [-0.2, -0.15) is 5.26 Å². The van der Waals surface area contributed by atoms with E-state index in [4.69, 9.17) is 16.3 Å². The van der Waals surface area contributed by atoms with E-state index in [1.807, 2.05) is 48.5 Å². The molecule has 6 heteroatoms. The van der Waals surface area contributed by atoms with Crippen LogP contribution in [0, 0.1) is 17.1 Å². The zero-order chi connectivity index (χ0) is 25.0. The van der Waals surface area contributed by atoms with Gasteiger partial charge in [-0.3, -0.25) is 0 Å². The van der Waals surface area contributed by atoms with Gasteiger partial charge < -0.3 is 15.0 Å². The first-order valence-electron chi connectivity index (χ1n) is 12.5. The highest BCUT2D eigenvalue weighted by Crippen LogP contribution is 2.45. The maximum absolute atomic E-state index is 13.6. The molecule has 0 spiro atoms. The Hall–Kier alpha value is -3.17. The van der Waals surface area contributed by atoms with E-state index in [-0.39, 0.29) is 5.82 Å². The van der Waals surface area contributed by atoms with Gasteiger partial charge in [0.1, 0.15) is 11.4 Å². The number of ether oxygens (including phenoxy) is 1. The topological polar surface area (TPSA) is 60.8 Å². The van der Waals surface area contributed by atoms with E-state index in [1.165, 1.54) is 23.1 Å². The Morgan fingerprint density at radius 3 is 2.69 bits per heavy atom. The van der Waals surface area contributed by atoms with Crippen LogP contribution in [0.2, 0.25) is 5.02 Å². The molecule has 3 aromatic carbocycles. The predicted molar refractivity (Wildman–Crippen MR) is 141 cm³/mol. The summed E-state index contributed by atoms with van der Waals surface area (Å²) in [5.41, 5.74) is 5.53. The van der Waals surface area contributed by atoms with Gasteiger partial charge in [-0.25, -0.2) is 4.39 Å². The molecule has 1 aliphatic heterocycles. The Morgan fingerprint density at radius 1 is 1.03 bits per heavy atom. The Labute approximate surface area is 216 Å². The van der Waals surface area contributed by atoms with Gasteiger partial charge in [0, 0.05) is 22.1 Å². The molecule has 0 aliphatic carbocycles. The summed E-state index contributed by atoms with van der Waals surface area (Å²) in [5.74, 6) is -0.258. The first kappa shape index (κ1) is 24.5. The zero-order valence-electron chi connectivity index (χ0n) is 20.1. The van der Waals surface area contributed by atoms with Gasteiger partial charge in [0.05, 0.1) is 18.2 Å². The monoisotopic (exact) mass is 501 g/mol. The number of rotatable bonds is 10. The number of H-pyrrole nitrogens is 1.